The Balaban J connectivity index is 2.04. The van der Waals surface area contributed by atoms with Gasteiger partial charge in [-0.25, -0.2) is 4.98 Å². The number of hydrogen-bond donors (Lipinski definition) is 0. The summed E-state index contributed by atoms with van der Waals surface area (Å²) in [5.41, 5.74) is 2.12. The topological polar surface area (TPSA) is 30.7 Å². The molecule has 1 saturated carbocycles. The zero-order valence-electron chi connectivity index (χ0n) is 9.06. The van der Waals surface area contributed by atoms with Gasteiger partial charge in [-0.05, 0) is 24.8 Å². The molecular weight excluding hydrogens is 222 g/mol. The lowest BCUT2D eigenvalue weighted by molar-refractivity contribution is 0.277. The Kier molecular flexibility index (Phi) is 2.56. The molecule has 0 radical (unpaired) electrons. The summed E-state index contributed by atoms with van der Waals surface area (Å²) in [6, 6.07) is 2.02. The van der Waals surface area contributed by atoms with Crippen molar-refractivity contribution < 1.29 is 0 Å². The van der Waals surface area contributed by atoms with Crippen LogP contribution in [-0.2, 0) is 12.4 Å². The van der Waals surface area contributed by atoms with Gasteiger partial charge in [0.15, 0.2) is 0 Å². The number of hydrogen-bond acceptors (Lipinski definition) is 2. The van der Waals surface area contributed by atoms with Crippen LogP contribution >= 0.6 is 11.6 Å². The molecule has 1 aliphatic carbocycles. The number of imidazole rings is 1. The molecule has 3 rings (SSSR count). The van der Waals surface area contributed by atoms with Crippen LogP contribution in [-0.4, -0.2) is 14.5 Å². The maximum atomic E-state index is 5.94. The quantitative estimate of drug-likeness (QED) is 0.766. The van der Waals surface area contributed by atoms with E-state index in [0.717, 1.165) is 29.3 Å². The highest BCUT2D eigenvalue weighted by Crippen LogP contribution is 2.30. The lowest BCUT2D eigenvalue weighted by Gasteiger charge is -2.26. The molecule has 0 aromatic carbocycles. The van der Waals surface area contributed by atoms with Crippen LogP contribution in [0.1, 0.15) is 25.1 Å². The van der Waals surface area contributed by atoms with E-state index in [2.05, 4.69) is 14.5 Å². The van der Waals surface area contributed by atoms with Crippen molar-refractivity contribution in [1.29, 1.82) is 0 Å². The first-order valence-electron chi connectivity index (χ1n) is 5.73. The fraction of sp³-hybridized carbons (Fsp3) is 0.500. The number of fused-ring (bicyclic) bond motifs is 1. The van der Waals surface area contributed by atoms with Gasteiger partial charge in [-0.2, -0.15) is 0 Å². The van der Waals surface area contributed by atoms with Crippen LogP contribution < -0.4 is 0 Å². The number of nitrogens with zero attached hydrogens (tertiary/aromatic N) is 3. The number of alkyl halides is 1. The highest BCUT2D eigenvalue weighted by molar-refractivity contribution is 6.16. The first-order valence-corrected chi connectivity index (χ1v) is 6.27. The molecule has 1 aliphatic rings. The smallest absolute Gasteiger partial charge is 0.124 e. The standard InChI is InChI=1S/C12H14ClN3/c13-6-12-15-10-7-14-5-4-11(10)16(12)8-9-2-1-3-9/h4-5,7,9H,1-3,6,8H2. The molecule has 2 aromatic rings. The fourth-order valence-corrected chi connectivity index (χ4v) is 2.47. The van der Waals surface area contributed by atoms with E-state index in [1.54, 1.807) is 0 Å². The van der Waals surface area contributed by atoms with E-state index >= 15 is 0 Å². The Hall–Kier alpha value is -1.09. The molecule has 3 nitrogen and oxygen atoms in total. The number of pyridine rings is 1. The summed E-state index contributed by atoms with van der Waals surface area (Å²) in [7, 11) is 0. The summed E-state index contributed by atoms with van der Waals surface area (Å²) in [5, 5.41) is 0. The molecule has 0 bridgehead atoms. The third-order valence-corrected chi connectivity index (χ3v) is 3.65. The summed E-state index contributed by atoms with van der Waals surface area (Å²) >= 11 is 5.94. The Morgan fingerprint density at radius 3 is 3.00 bits per heavy atom. The Morgan fingerprint density at radius 1 is 1.44 bits per heavy atom. The maximum Gasteiger partial charge on any atom is 0.124 e. The van der Waals surface area contributed by atoms with Crippen LogP contribution in [0, 0.1) is 5.92 Å². The number of aromatic nitrogens is 3. The number of halogens is 1. The average Bonchev–Trinajstić information content (AvgIpc) is 2.61. The van der Waals surface area contributed by atoms with Gasteiger partial charge in [0.05, 0.1) is 17.6 Å². The first-order chi connectivity index (χ1) is 7.88. The molecular formula is C12H14ClN3. The van der Waals surface area contributed by atoms with Gasteiger partial charge in [-0.3, -0.25) is 4.98 Å². The van der Waals surface area contributed by atoms with E-state index in [1.165, 1.54) is 19.3 Å². The van der Waals surface area contributed by atoms with Gasteiger partial charge in [0.25, 0.3) is 0 Å². The van der Waals surface area contributed by atoms with Crippen LogP contribution in [0.5, 0.6) is 0 Å². The van der Waals surface area contributed by atoms with E-state index < -0.39 is 0 Å². The Bertz CT molecular complexity index is 502. The summed E-state index contributed by atoms with van der Waals surface area (Å²) in [6.45, 7) is 1.06. The third kappa shape index (κ3) is 1.59. The van der Waals surface area contributed by atoms with E-state index in [-0.39, 0.29) is 0 Å². The summed E-state index contributed by atoms with van der Waals surface area (Å²) in [5.74, 6) is 2.26. The second kappa shape index (κ2) is 4.06. The molecule has 16 heavy (non-hydrogen) atoms. The lowest BCUT2D eigenvalue weighted by Crippen LogP contribution is -2.19. The molecule has 0 saturated heterocycles. The van der Waals surface area contributed by atoms with Gasteiger partial charge in [-0.15, -0.1) is 11.6 Å². The van der Waals surface area contributed by atoms with Gasteiger partial charge >= 0.3 is 0 Å². The van der Waals surface area contributed by atoms with Crippen LogP contribution in [0.15, 0.2) is 18.5 Å². The average molecular weight is 236 g/mol. The highest BCUT2D eigenvalue weighted by Gasteiger charge is 2.20. The predicted octanol–water partition coefficient (Wildman–Crippen LogP) is 2.97. The summed E-state index contributed by atoms with van der Waals surface area (Å²) in [6.07, 6.45) is 7.68. The Morgan fingerprint density at radius 2 is 2.31 bits per heavy atom. The van der Waals surface area contributed by atoms with Crippen molar-refractivity contribution in [2.24, 2.45) is 5.92 Å². The number of rotatable bonds is 3. The van der Waals surface area contributed by atoms with Gasteiger partial charge in [-0.1, -0.05) is 6.42 Å². The van der Waals surface area contributed by atoms with Crippen molar-refractivity contribution in [2.45, 2.75) is 31.7 Å². The maximum absolute atomic E-state index is 5.94. The second-order valence-corrected chi connectivity index (χ2v) is 4.70. The van der Waals surface area contributed by atoms with Crippen LogP contribution in [0.25, 0.3) is 11.0 Å². The molecule has 0 unspecified atom stereocenters. The minimum absolute atomic E-state index is 0.474. The van der Waals surface area contributed by atoms with E-state index in [1.807, 2.05) is 18.5 Å². The van der Waals surface area contributed by atoms with E-state index in [0.29, 0.717) is 5.88 Å². The highest BCUT2D eigenvalue weighted by atomic mass is 35.5. The Labute approximate surface area is 99.5 Å². The molecule has 0 N–H and O–H groups in total. The minimum atomic E-state index is 0.474. The molecule has 0 aliphatic heterocycles. The van der Waals surface area contributed by atoms with E-state index in [9.17, 15) is 0 Å². The van der Waals surface area contributed by atoms with Crippen molar-refractivity contribution in [2.75, 3.05) is 0 Å². The molecule has 2 aromatic heterocycles. The van der Waals surface area contributed by atoms with Gasteiger partial charge < -0.3 is 4.57 Å². The lowest BCUT2D eigenvalue weighted by atomic mass is 9.85. The van der Waals surface area contributed by atoms with Crippen molar-refractivity contribution in [1.82, 2.24) is 14.5 Å². The van der Waals surface area contributed by atoms with E-state index in [4.69, 9.17) is 11.6 Å². The minimum Gasteiger partial charge on any atom is -0.327 e. The summed E-state index contributed by atoms with van der Waals surface area (Å²) < 4.78 is 2.26. The first kappa shape index (κ1) is 10.1. The second-order valence-electron chi connectivity index (χ2n) is 4.43. The molecule has 84 valence electrons. The predicted molar refractivity (Wildman–Crippen MR) is 64.4 cm³/mol. The molecule has 0 atom stereocenters. The van der Waals surface area contributed by atoms with Crippen molar-refractivity contribution in [3.05, 3.63) is 24.3 Å². The molecule has 2 heterocycles. The van der Waals surface area contributed by atoms with Gasteiger partial charge in [0.1, 0.15) is 11.3 Å². The van der Waals surface area contributed by atoms with Crippen molar-refractivity contribution in [3.8, 4) is 0 Å². The zero-order valence-corrected chi connectivity index (χ0v) is 9.82. The van der Waals surface area contributed by atoms with Crippen LogP contribution in [0.3, 0.4) is 0 Å². The monoisotopic (exact) mass is 235 g/mol. The third-order valence-electron chi connectivity index (χ3n) is 3.41. The van der Waals surface area contributed by atoms with Crippen molar-refractivity contribution >= 4 is 22.6 Å². The van der Waals surface area contributed by atoms with Crippen LogP contribution in [0.4, 0.5) is 0 Å². The molecule has 1 fully saturated rings. The van der Waals surface area contributed by atoms with Crippen molar-refractivity contribution in [3.63, 3.8) is 0 Å². The normalized spacial score (nSPS) is 16.6. The summed E-state index contributed by atoms with van der Waals surface area (Å²) in [4.78, 5) is 8.61. The fourth-order valence-electron chi connectivity index (χ4n) is 2.27. The van der Waals surface area contributed by atoms with Gasteiger partial charge in [0.2, 0.25) is 0 Å². The molecule has 0 spiro atoms. The SMILES string of the molecule is ClCc1nc2cnccc2n1CC1CCC1. The molecule has 4 heteroatoms. The van der Waals surface area contributed by atoms with Gasteiger partial charge in [0, 0.05) is 12.7 Å². The van der Waals surface area contributed by atoms with Crippen LogP contribution in [0.2, 0.25) is 0 Å². The molecule has 0 amide bonds. The largest absolute Gasteiger partial charge is 0.327 e. The zero-order chi connectivity index (χ0) is 11.0.